The number of carbonyl (C=O) groups excluding carboxylic acids is 4. The maximum absolute atomic E-state index is 13.4. The third-order valence-electron chi connectivity index (χ3n) is 9.27. The summed E-state index contributed by atoms with van der Waals surface area (Å²) in [5, 5.41) is 5.09. The number of amides is 6. The second kappa shape index (κ2) is 13.2. The summed E-state index contributed by atoms with van der Waals surface area (Å²) in [4.78, 5) is 58.4. The first-order chi connectivity index (χ1) is 23.1. The zero-order chi connectivity index (χ0) is 33.7. The van der Waals surface area contributed by atoms with Gasteiger partial charge in [0, 0.05) is 47.4 Å². The van der Waals surface area contributed by atoms with Gasteiger partial charge >= 0.3 is 12.1 Å². The summed E-state index contributed by atoms with van der Waals surface area (Å²) < 4.78 is 26.7. The summed E-state index contributed by atoms with van der Waals surface area (Å²) in [6, 6.07) is 16.8. The Morgan fingerprint density at radius 2 is 1.04 bits per heavy atom. The third kappa shape index (κ3) is 6.63. The van der Waals surface area contributed by atoms with Crippen LogP contribution in [0.15, 0.2) is 73.1 Å². The number of benzene rings is 2. The van der Waals surface area contributed by atoms with Crippen molar-refractivity contribution in [1.29, 1.82) is 0 Å². The Morgan fingerprint density at radius 3 is 1.35 bits per heavy atom. The SMILES string of the molecule is C.Cc1cc(-c2ccc([C@@H]3C[C@H]3N3C(=O)CNC3=O)cn2)ccc1F.Cc1cc(-c2ccc([C@H]3C[C@@H]3N3C(=O)CNC3=O)cn2)ccc1F. The standard InChI is InChI=1S/2C18H16FN3O2.CH4/c2*1-10-6-11(2-4-14(10)19)15-5-3-12(8-20-15)13-7-16(13)22-17(23)9-21-18(22)24;/h2*2-6,8,13,16H,7,9H2,1H3,(H,21,24);1H4/t2*13-,16+;/m10./s1. The van der Waals surface area contributed by atoms with Crippen LogP contribution < -0.4 is 10.6 Å². The van der Waals surface area contributed by atoms with Crippen LogP contribution >= 0.6 is 0 Å². The van der Waals surface area contributed by atoms with Crippen molar-refractivity contribution in [2.24, 2.45) is 0 Å². The van der Waals surface area contributed by atoms with Gasteiger partial charge in [0.15, 0.2) is 0 Å². The molecule has 0 radical (unpaired) electrons. The fourth-order valence-corrected chi connectivity index (χ4v) is 6.39. The molecule has 2 aromatic carbocycles. The molecule has 4 aliphatic rings. The van der Waals surface area contributed by atoms with Gasteiger partial charge in [-0.2, -0.15) is 0 Å². The lowest BCUT2D eigenvalue weighted by Crippen LogP contribution is -2.33. The van der Waals surface area contributed by atoms with Crippen molar-refractivity contribution in [1.82, 2.24) is 30.4 Å². The molecule has 0 unspecified atom stereocenters. The number of hydrogen-bond acceptors (Lipinski definition) is 6. The minimum Gasteiger partial charge on any atom is -0.329 e. The largest absolute Gasteiger partial charge is 0.329 e. The van der Waals surface area contributed by atoms with Crippen LogP contribution in [0.2, 0.25) is 0 Å². The van der Waals surface area contributed by atoms with Crippen molar-refractivity contribution in [2.75, 3.05) is 13.1 Å². The molecule has 49 heavy (non-hydrogen) atoms. The smallest absolute Gasteiger partial charge is 0.324 e. The number of aromatic nitrogens is 2. The second-order valence-electron chi connectivity index (χ2n) is 12.5. The first-order valence-electron chi connectivity index (χ1n) is 15.7. The summed E-state index contributed by atoms with van der Waals surface area (Å²) in [5.41, 5.74) is 6.45. The van der Waals surface area contributed by atoms with Crippen LogP contribution in [0.1, 0.15) is 54.4 Å². The minimum atomic E-state index is -0.307. The van der Waals surface area contributed by atoms with Gasteiger partial charge in [-0.05, 0) is 97.5 Å². The molecule has 4 atom stereocenters. The van der Waals surface area contributed by atoms with E-state index in [2.05, 4.69) is 20.6 Å². The number of imide groups is 2. The highest BCUT2D eigenvalue weighted by molar-refractivity contribution is 6.03. The van der Waals surface area contributed by atoms with E-state index in [4.69, 9.17) is 0 Å². The Hall–Kier alpha value is -5.52. The monoisotopic (exact) mass is 666 g/mol. The van der Waals surface area contributed by atoms with E-state index in [0.717, 1.165) is 46.5 Å². The predicted molar refractivity (Wildman–Crippen MR) is 178 cm³/mol. The molecule has 8 rings (SSSR count). The van der Waals surface area contributed by atoms with Gasteiger partial charge in [0.25, 0.3) is 0 Å². The van der Waals surface area contributed by atoms with E-state index in [1.165, 1.54) is 21.9 Å². The number of carbonyl (C=O) groups is 4. The van der Waals surface area contributed by atoms with Crippen molar-refractivity contribution in [3.8, 4) is 22.5 Å². The summed E-state index contributed by atoms with van der Waals surface area (Å²) >= 11 is 0. The van der Waals surface area contributed by atoms with Gasteiger partial charge in [-0.15, -0.1) is 0 Å². The zero-order valence-corrected chi connectivity index (χ0v) is 26.2. The Labute approximate surface area is 282 Å². The van der Waals surface area contributed by atoms with Crippen LogP contribution in [0, 0.1) is 25.5 Å². The lowest BCUT2D eigenvalue weighted by Gasteiger charge is -2.12. The lowest BCUT2D eigenvalue weighted by atomic mass is 10.1. The molecule has 6 amide bonds. The first kappa shape index (κ1) is 33.4. The van der Waals surface area contributed by atoms with E-state index >= 15 is 0 Å². The molecule has 2 aliphatic carbocycles. The van der Waals surface area contributed by atoms with Gasteiger partial charge < -0.3 is 10.6 Å². The van der Waals surface area contributed by atoms with Crippen LogP contribution in [0.4, 0.5) is 18.4 Å². The van der Waals surface area contributed by atoms with Crippen LogP contribution in [0.5, 0.6) is 0 Å². The number of rotatable bonds is 6. The van der Waals surface area contributed by atoms with Crippen LogP contribution in [0.3, 0.4) is 0 Å². The Kier molecular flexibility index (Phi) is 8.98. The molecule has 4 heterocycles. The molecular formula is C37H36F2N6O4. The number of pyridine rings is 2. The quantitative estimate of drug-likeness (QED) is 0.249. The molecule has 2 saturated heterocycles. The van der Waals surface area contributed by atoms with Crippen LogP contribution in [-0.4, -0.2) is 68.8 Å². The Bertz CT molecular complexity index is 1780. The molecule has 2 aliphatic heterocycles. The average Bonchev–Trinajstić information content (AvgIpc) is 3.99. The van der Waals surface area contributed by atoms with E-state index in [1.54, 1.807) is 50.5 Å². The average molecular weight is 667 g/mol. The summed E-state index contributed by atoms with van der Waals surface area (Å²) in [6.45, 7) is 3.62. The topological polar surface area (TPSA) is 125 Å². The highest BCUT2D eigenvalue weighted by Crippen LogP contribution is 2.46. The molecule has 12 heteroatoms. The number of halogens is 2. The normalized spacial score (nSPS) is 22.2. The van der Waals surface area contributed by atoms with Crippen molar-refractivity contribution < 1.29 is 28.0 Å². The molecule has 252 valence electrons. The fraction of sp³-hybridized carbons (Fsp3) is 0.297. The molecule has 10 nitrogen and oxygen atoms in total. The number of hydrogen-bond donors (Lipinski definition) is 2. The first-order valence-corrected chi connectivity index (χ1v) is 15.7. The van der Waals surface area contributed by atoms with Gasteiger partial charge in [0.1, 0.15) is 11.6 Å². The predicted octanol–water partition coefficient (Wildman–Crippen LogP) is 5.84. The van der Waals surface area contributed by atoms with Crippen molar-refractivity contribution in [3.63, 3.8) is 0 Å². The molecule has 4 aromatic rings. The van der Waals surface area contributed by atoms with Gasteiger partial charge in [0.2, 0.25) is 11.8 Å². The number of nitrogens with one attached hydrogen (secondary N) is 2. The molecule has 2 N–H and O–H groups in total. The van der Waals surface area contributed by atoms with E-state index < -0.39 is 0 Å². The van der Waals surface area contributed by atoms with Crippen LogP contribution in [-0.2, 0) is 9.59 Å². The van der Waals surface area contributed by atoms with Gasteiger partial charge in [0.05, 0.1) is 24.5 Å². The molecular weight excluding hydrogens is 630 g/mol. The second-order valence-corrected chi connectivity index (χ2v) is 12.5. The van der Waals surface area contributed by atoms with Crippen molar-refractivity contribution in [3.05, 3.63) is 107 Å². The highest BCUT2D eigenvalue weighted by Gasteiger charge is 2.50. The number of urea groups is 2. The summed E-state index contributed by atoms with van der Waals surface area (Å²) in [5.74, 6) is -0.504. The highest BCUT2D eigenvalue weighted by atomic mass is 19.1. The third-order valence-corrected chi connectivity index (χ3v) is 9.27. The maximum atomic E-state index is 13.4. The molecule has 4 fully saturated rings. The summed E-state index contributed by atoms with van der Waals surface area (Å²) in [7, 11) is 0. The fourth-order valence-electron chi connectivity index (χ4n) is 6.39. The van der Waals surface area contributed by atoms with E-state index in [-0.39, 0.29) is 79.9 Å². The number of aryl methyl sites for hydroxylation is 2. The summed E-state index contributed by atoms with van der Waals surface area (Å²) in [6.07, 6.45) is 5.10. The van der Waals surface area contributed by atoms with E-state index in [0.29, 0.717) is 11.1 Å². The number of nitrogens with zero attached hydrogens (tertiary/aromatic N) is 4. The molecule has 2 aromatic heterocycles. The van der Waals surface area contributed by atoms with Crippen molar-refractivity contribution >= 4 is 23.9 Å². The molecule has 0 spiro atoms. The Morgan fingerprint density at radius 1 is 0.633 bits per heavy atom. The zero-order valence-electron chi connectivity index (χ0n) is 26.2. The lowest BCUT2D eigenvalue weighted by molar-refractivity contribution is -0.126. The van der Waals surface area contributed by atoms with Gasteiger partial charge in [-0.1, -0.05) is 19.6 Å². The molecule has 2 saturated carbocycles. The van der Waals surface area contributed by atoms with Gasteiger partial charge in [-0.3, -0.25) is 29.4 Å². The van der Waals surface area contributed by atoms with Crippen LogP contribution in [0.25, 0.3) is 22.5 Å². The molecule has 0 bridgehead atoms. The van der Waals surface area contributed by atoms with Gasteiger partial charge in [-0.25, -0.2) is 18.4 Å². The van der Waals surface area contributed by atoms with E-state index in [1.807, 2.05) is 24.3 Å². The van der Waals surface area contributed by atoms with E-state index in [9.17, 15) is 28.0 Å². The Balaban J connectivity index is 0.000000167. The van der Waals surface area contributed by atoms with Crippen molar-refractivity contribution in [2.45, 2.75) is 58.0 Å². The minimum absolute atomic E-state index is 0. The maximum Gasteiger partial charge on any atom is 0.324 e.